The number of thiazole rings is 1. The second-order valence-corrected chi connectivity index (χ2v) is 2.63. The molecule has 0 bridgehead atoms. The minimum absolute atomic E-state index is 0.00921. The van der Waals surface area contributed by atoms with E-state index in [1.807, 2.05) is 26.2 Å². The first kappa shape index (κ1) is 11.1. The standard InChI is InChI=1S/C6H8N2OS.C2H6/c1-2-5(9)8-6-7-3-4-10-6;1-2/h3-4H,2H2,1H3,(H,7,8,9);1-2H3. The maximum Gasteiger partial charge on any atom is 0.225 e. The van der Waals surface area contributed by atoms with Gasteiger partial charge in [-0.15, -0.1) is 11.3 Å². The van der Waals surface area contributed by atoms with Crippen LogP contribution in [0.1, 0.15) is 27.2 Å². The molecule has 1 amide bonds. The van der Waals surface area contributed by atoms with E-state index in [4.69, 9.17) is 0 Å². The molecule has 0 aromatic carbocycles. The number of nitrogens with one attached hydrogen (secondary N) is 1. The van der Waals surface area contributed by atoms with Crippen LogP contribution in [-0.2, 0) is 4.79 Å². The van der Waals surface area contributed by atoms with Crippen molar-refractivity contribution in [2.24, 2.45) is 0 Å². The van der Waals surface area contributed by atoms with Crippen LogP contribution in [0.25, 0.3) is 0 Å². The van der Waals surface area contributed by atoms with Gasteiger partial charge in [-0.05, 0) is 0 Å². The predicted octanol–water partition coefficient (Wildman–Crippen LogP) is 2.52. The monoisotopic (exact) mass is 186 g/mol. The van der Waals surface area contributed by atoms with Crippen molar-refractivity contribution < 1.29 is 4.79 Å². The summed E-state index contributed by atoms with van der Waals surface area (Å²) < 4.78 is 0. The molecule has 0 saturated carbocycles. The SMILES string of the molecule is CC.CCC(=O)Nc1nccs1. The van der Waals surface area contributed by atoms with Crippen LogP contribution >= 0.6 is 11.3 Å². The van der Waals surface area contributed by atoms with Gasteiger partial charge in [-0.1, -0.05) is 20.8 Å². The first-order valence-electron chi connectivity index (χ1n) is 4.02. The molecular formula is C8H14N2OS. The Morgan fingerprint density at radius 3 is 2.75 bits per heavy atom. The fraction of sp³-hybridized carbons (Fsp3) is 0.500. The molecule has 1 aromatic heterocycles. The van der Waals surface area contributed by atoms with Crippen LogP contribution in [-0.4, -0.2) is 10.9 Å². The van der Waals surface area contributed by atoms with E-state index in [1.165, 1.54) is 11.3 Å². The van der Waals surface area contributed by atoms with Gasteiger partial charge in [0.15, 0.2) is 5.13 Å². The summed E-state index contributed by atoms with van der Waals surface area (Å²) >= 11 is 1.42. The van der Waals surface area contributed by atoms with Gasteiger partial charge >= 0.3 is 0 Å². The number of carbonyl (C=O) groups excluding carboxylic acids is 1. The Kier molecular flexibility index (Phi) is 6.28. The van der Waals surface area contributed by atoms with Gasteiger partial charge in [0.05, 0.1) is 0 Å². The minimum Gasteiger partial charge on any atom is -0.302 e. The summed E-state index contributed by atoms with van der Waals surface area (Å²) in [5.41, 5.74) is 0. The van der Waals surface area contributed by atoms with Crippen molar-refractivity contribution >= 4 is 22.4 Å². The Balaban J connectivity index is 0.000000561. The van der Waals surface area contributed by atoms with Gasteiger partial charge in [0.2, 0.25) is 5.91 Å². The summed E-state index contributed by atoms with van der Waals surface area (Å²) in [7, 11) is 0. The van der Waals surface area contributed by atoms with Crippen LogP contribution in [0.5, 0.6) is 0 Å². The van der Waals surface area contributed by atoms with Crippen molar-refractivity contribution in [2.75, 3.05) is 5.32 Å². The van der Waals surface area contributed by atoms with Crippen LogP contribution in [0.2, 0.25) is 0 Å². The van der Waals surface area contributed by atoms with Crippen LogP contribution in [0.3, 0.4) is 0 Å². The lowest BCUT2D eigenvalue weighted by atomic mass is 10.5. The molecule has 0 unspecified atom stereocenters. The zero-order chi connectivity index (χ0) is 9.40. The summed E-state index contributed by atoms with van der Waals surface area (Å²) in [4.78, 5) is 14.6. The van der Waals surface area contributed by atoms with Gasteiger partial charge in [0.1, 0.15) is 0 Å². The molecule has 3 nitrogen and oxygen atoms in total. The summed E-state index contributed by atoms with van der Waals surface area (Å²) in [6.45, 7) is 5.81. The third-order valence-electron chi connectivity index (χ3n) is 1.000. The van der Waals surface area contributed by atoms with Gasteiger partial charge in [-0.3, -0.25) is 4.79 Å². The third kappa shape index (κ3) is 4.08. The molecule has 1 aromatic rings. The Morgan fingerprint density at radius 2 is 2.33 bits per heavy atom. The molecular weight excluding hydrogens is 172 g/mol. The molecule has 0 aliphatic rings. The lowest BCUT2D eigenvalue weighted by Gasteiger charge is -1.94. The quantitative estimate of drug-likeness (QED) is 0.771. The molecule has 0 radical (unpaired) electrons. The van der Waals surface area contributed by atoms with E-state index >= 15 is 0 Å². The number of carbonyl (C=O) groups is 1. The maximum absolute atomic E-state index is 10.7. The minimum atomic E-state index is 0.00921. The van der Waals surface area contributed by atoms with E-state index in [0.29, 0.717) is 11.6 Å². The van der Waals surface area contributed by atoms with Gasteiger partial charge in [0.25, 0.3) is 0 Å². The van der Waals surface area contributed by atoms with Crippen LogP contribution in [0.15, 0.2) is 11.6 Å². The predicted molar refractivity (Wildman–Crippen MR) is 52.4 cm³/mol. The Bertz CT molecular complexity index is 209. The lowest BCUT2D eigenvalue weighted by molar-refractivity contribution is -0.115. The molecule has 0 spiro atoms. The van der Waals surface area contributed by atoms with Gasteiger partial charge in [-0.25, -0.2) is 4.98 Å². The highest BCUT2D eigenvalue weighted by molar-refractivity contribution is 7.13. The summed E-state index contributed by atoms with van der Waals surface area (Å²) in [6, 6.07) is 0. The molecule has 1 rings (SSSR count). The van der Waals surface area contributed by atoms with Crippen molar-refractivity contribution in [1.29, 1.82) is 0 Å². The molecule has 4 heteroatoms. The molecule has 0 fully saturated rings. The van der Waals surface area contributed by atoms with Gasteiger partial charge in [-0.2, -0.15) is 0 Å². The number of hydrogen-bond donors (Lipinski definition) is 1. The number of hydrogen-bond acceptors (Lipinski definition) is 3. The van der Waals surface area contributed by atoms with Crippen molar-refractivity contribution in [3.05, 3.63) is 11.6 Å². The van der Waals surface area contributed by atoms with E-state index in [9.17, 15) is 4.79 Å². The third-order valence-corrected chi connectivity index (χ3v) is 1.69. The average Bonchev–Trinajstić information content (AvgIpc) is 2.60. The normalized spacial score (nSPS) is 8.25. The van der Waals surface area contributed by atoms with Crippen LogP contribution < -0.4 is 5.32 Å². The van der Waals surface area contributed by atoms with Gasteiger partial charge in [0, 0.05) is 18.0 Å². The smallest absolute Gasteiger partial charge is 0.225 e. The van der Waals surface area contributed by atoms with Gasteiger partial charge < -0.3 is 5.32 Å². The molecule has 68 valence electrons. The Morgan fingerprint density at radius 1 is 1.67 bits per heavy atom. The topological polar surface area (TPSA) is 42.0 Å². The lowest BCUT2D eigenvalue weighted by Crippen LogP contribution is -2.08. The average molecular weight is 186 g/mol. The number of anilines is 1. The molecule has 0 aliphatic heterocycles. The van der Waals surface area contributed by atoms with E-state index in [0.717, 1.165) is 0 Å². The summed E-state index contributed by atoms with van der Waals surface area (Å²) in [5.74, 6) is 0.00921. The largest absolute Gasteiger partial charge is 0.302 e. The highest BCUT2D eigenvalue weighted by atomic mass is 32.1. The van der Waals surface area contributed by atoms with E-state index in [-0.39, 0.29) is 5.91 Å². The fourth-order valence-electron chi connectivity index (χ4n) is 0.493. The van der Waals surface area contributed by atoms with Crippen molar-refractivity contribution in [2.45, 2.75) is 27.2 Å². The molecule has 0 aliphatic carbocycles. The van der Waals surface area contributed by atoms with Crippen molar-refractivity contribution in [3.8, 4) is 0 Å². The zero-order valence-electron chi connectivity index (χ0n) is 7.63. The zero-order valence-corrected chi connectivity index (χ0v) is 8.44. The molecule has 1 heterocycles. The molecule has 0 saturated heterocycles. The number of amides is 1. The molecule has 1 N–H and O–H groups in total. The van der Waals surface area contributed by atoms with Crippen molar-refractivity contribution in [1.82, 2.24) is 4.98 Å². The summed E-state index contributed by atoms with van der Waals surface area (Å²) in [5, 5.41) is 5.14. The fourth-order valence-corrected chi connectivity index (χ4v) is 1.04. The van der Waals surface area contributed by atoms with E-state index in [1.54, 1.807) is 6.20 Å². The first-order valence-corrected chi connectivity index (χ1v) is 4.90. The van der Waals surface area contributed by atoms with E-state index < -0.39 is 0 Å². The highest BCUT2D eigenvalue weighted by Gasteiger charge is 1.98. The highest BCUT2D eigenvalue weighted by Crippen LogP contribution is 2.09. The first-order chi connectivity index (χ1) is 5.83. The van der Waals surface area contributed by atoms with Crippen LogP contribution in [0, 0.1) is 0 Å². The Hall–Kier alpha value is -0.900. The Labute approximate surface area is 76.8 Å². The number of rotatable bonds is 2. The second kappa shape index (κ2) is 6.79. The maximum atomic E-state index is 10.7. The molecule has 0 atom stereocenters. The van der Waals surface area contributed by atoms with Crippen molar-refractivity contribution in [3.63, 3.8) is 0 Å². The number of aromatic nitrogens is 1. The van der Waals surface area contributed by atoms with E-state index in [2.05, 4.69) is 10.3 Å². The number of nitrogens with zero attached hydrogens (tertiary/aromatic N) is 1. The van der Waals surface area contributed by atoms with Crippen LogP contribution in [0.4, 0.5) is 5.13 Å². The summed E-state index contributed by atoms with van der Waals surface area (Å²) in [6.07, 6.45) is 2.16. The molecule has 12 heavy (non-hydrogen) atoms. The second-order valence-electron chi connectivity index (χ2n) is 1.74.